The number of hydrogen-bond donors (Lipinski definition) is 1. The van der Waals surface area contributed by atoms with E-state index in [9.17, 15) is 14.4 Å². The highest BCUT2D eigenvalue weighted by molar-refractivity contribution is 6.04. The lowest BCUT2D eigenvalue weighted by Crippen LogP contribution is -2.45. The van der Waals surface area contributed by atoms with Gasteiger partial charge in [0.05, 0.1) is 5.39 Å². The zero-order valence-electron chi connectivity index (χ0n) is 17.5. The van der Waals surface area contributed by atoms with E-state index < -0.39 is 29.3 Å². The zero-order chi connectivity index (χ0) is 21.9. The van der Waals surface area contributed by atoms with Crippen molar-refractivity contribution < 1.29 is 23.5 Å². The summed E-state index contributed by atoms with van der Waals surface area (Å²) in [4.78, 5) is 36.9. The maximum Gasteiger partial charge on any atom is 0.408 e. The number of benzene rings is 2. The fourth-order valence-electron chi connectivity index (χ4n) is 3.10. The Morgan fingerprint density at radius 1 is 1.07 bits per heavy atom. The number of esters is 1. The topological polar surface area (TPSA) is 94.8 Å². The molecule has 0 aliphatic carbocycles. The van der Waals surface area contributed by atoms with Gasteiger partial charge in [0.25, 0.3) is 0 Å². The van der Waals surface area contributed by atoms with Crippen molar-refractivity contribution >= 4 is 33.8 Å². The van der Waals surface area contributed by atoms with Crippen molar-refractivity contribution in [2.75, 3.05) is 0 Å². The molecule has 1 atom stereocenters. The molecule has 30 heavy (non-hydrogen) atoms. The van der Waals surface area contributed by atoms with Crippen LogP contribution in [0.4, 0.5) is 4.79 Å². The molecule has 7 nitrogen and oxygen atoms in total. The number of alkyl carbamates (subject to hydrolysis) is 1. The Kier molecular flexibility index (Phi) is 6.10. The number of ether oxygens (including phenoxy) is 2. The molecule has 0 saturated carbocycles. The normalized spacial score (nSPS) is 12.5. The molecular weight excluding hydrogens is 386 g/mol. The third-order valence-electron chi connectivity index (χ3n) is 4.36. The van der Waals surface area contributed by atoms with Crippen LogP contribution >= 0.6 is 0 Å². The Labute approximate surface area is 174 Å². The molecule has 7 heteroatoms. The quantitative estimate of drug-likeness (QED) is 0.287. The van der Waals surface area contributed by atoms with E-state index in [1.165, 1.54) is 6.07 Å². The van der Waals surface area contributed by atoms with Gasteiger partial charge in [-0.25, -0.2) is 14.4 Å². The fraction of sp³-hybridized carbons (Fsp3) is 0.348. The molecule has 0 radical (unpaired) electrons. The zero-order valence-corrected chi connectivity index (χ0v) is 17.5. The van der Waals surface area contributed by atoms with Gasteiger partial charge in [-0.15, -0.1) is 0 Å². The van der Waals surface area contributed by atoms with E-state index in [0.29, 0.717) is 23.8 Å². The fourth-order valence-corrected chi connectivity index (χ4v) is 3.10. The highest BCUT2D eigenvalue weighted by atomic mass is 16.6. The lowest BCUT2D eigenvalue weighted by molar-refractivity contribution is -0.137. The summed E-state index contributed by atoms with van der Waals surface area (Å²) in [6.45, 7) is 7.12. The molecule has 0 aliphatic heterocycles. The second-order valence-electron chi connectivity index (χ2n) is 8.00. The van der Waals surface area contributed by atoms with E-state index in [0.717, 1.165) is 10.8 Å². The molecule has 0 fully saturated rings. The molecule has 0 saturated heterocycles. The Bertz CT molecular complexity index is 1140. The molecule has 1 aromatic heterocycles. The maximum absolute atomic E-state index is 12.6. The van der Waals surface area contributed by atoms with Crippen LogP contribution in [0.2, 0.25) is 0 Å². The lowest BCUT2D eigenvalue weighted by Gasteiger charge is -2.22. The smallest absolute Gasteiger partial charge is 0.408 e. The molecule has 1 N–H and O–H groups in total. The Hall–Kier alpha value is -3.35. The van der Waals surface area contributed by atoms with Crippen LogP contribution in [-0.2, 0) is 9.53 Å². The van der Waals surface area contributed by atoms with Crippen molar-refractivity contribution in [3.8, 4) is 5.75 Å². The first-order chi connectivity index (χ1) is 14.2. The van der Waals surface area contributed by atoms with Gasteiger partial charge in [0.1, 0.15) is 23.0 Å². The van der Waals surface area contributed by atoms with Crippen LogP contribution in [-0.4, -0.2) is 23.7 Å². The summed E-state index contributed by atoms with van der Waals surface area (Å²) >= 11 is 0. The summed E-state index contributed by atoms with van der Waals surface area (Å²) in [5.41, 5.74) is -0.822. The van der Waals surface area contributed by atoms with Crippen LogP contribution in [0.15, 0.2) is 51.7 Å². The first kappa shape index (κ1) is 21.4. The van der Waals surface area contributed by atoms with Gasteiger partial charge < -0.3 is 19.2 Å². The van der Waals surface area contributed by atoms with Crippen LogP contribution in [0.3, 0.4) is 0 Å². The molecular formula is C23H25NO6. The molecule has 0 spiro atoms. The largest absolute Gasteiger partial charge is 0.444 e. The second kappa shape index (κ2) is 8.57. The van der Waals surface area contributed by atoms with Crippen LogP contribution in [0.1, 0.15) is 40.5 Å². The maximum atomic E-state index is 12.6. The van der Waals surface area contributed by atoms with Gasteiger partial charge in [0, 0.05) is 11.5 Å². The first-order valence-corrected chi connectivity index (χ1v) is 9.85. The third-order valence-corrected chi connectivity index (χ3v) is 4.36. The summed E-state index contributed by atoms with van der Waals surface area (Å²) in [5, 5.41) is 4.54. The molecule has 0 bridgehead atoms. The monoisotopic (exact) mass is 411 g/mol. The molecule has 158 valence electrons. The minimum atomic E-state index is -0.857. The van der Waals surface area contributed by atoms with Crippen molar-refractivity contribution in [1.82, 2.24) is 5.32 Å². The van der Waals surface area contributed by atoms with Gasteiger partial charge in [-0.05, 0) is 50.8 Å². The molecule has 1 unspecified atom stereocenters. The van der Waals surface area contributed by atoms with Crippen LogP contribution < -0.4 is 15.7 Å². The van der Waals surface area contributed by atoms with Gasteiger partial charge >= 0.3 is 17.7 Å². The number of amides is 1. The lowest BCUT2D eigenvalue weighted by atomic mass is 10.1. The summed E-state index contributed by atoms with van der Waals surface area (Å²) in [6.07, 6.45) is 0.369. The van der Waals surface area contributed by atoms with Gasteiger partial charge in [-0.1, -0.05) is 31.5 Å². The van der Waals surface area contributed by atoms with Gasteiger partial charge in [-0.2, -0.15) is 0 Å². The van der Waals surface area contributed by atoms with Crippen molar-refractivity contribution in [2.45, 2.75) is 52.2 Å². The predicted molar refractivity (Wildman–Crippen MR) is 114 cm³/mol. The molecule has 0 aliphatic rings. The van der Waals surface area contributed by atoms with E-state index in [1.807, 2.05) is 19.1 Å². The number of hydrogen-bond acceptors (Lipinski definition) is 6. The summed E-state index contributed by atoms with van der Waals surface area (Å²) in [6, 6.07) is 11.2. The molecule has 3 aromatic rings. The van der Waals surface area contributed by atoms with E-state index in [1.54, 1.807) is 45.0 Å². The number of carbonyl (C=O) groups excluding carboxylic acids is 2. The number of nitrogens with one attached hydrogen (secondary N) is 1. The summed E-state index contributed by atoms with van der Waals surface area (Å²) in [7, 11) is 0. The van der Waals surface area contributed by atoms with E-state index >= 15 is 0 Å². The van der Waals surface area contributed by atoms with Crippen molar-refractivity contribution in [1.29, 1.82) is 0 Å². The standard InChI is InChI=1S/C23H25NO6/c1-5-8-18(24-22(27)30-23(2,3)4)21(26)28-14-11-12-16-15-9-6-7-10-17(15)20(25)29-19(16)13-14/h6-7,9-13,18H,5,8H2,1-4H3,(H,24,27). The second-order valence-corrected chi connectivity index (χ2v) is 8.00. The van der Waals surface area contributed by atoms with E-state index in [-0.39, 0.29) is 5.75 Å². The van der Waals surface area contributed by atoms with E-state index in [4.69, 9.17) is 13.9 Å². The molecule has 1 heterocycles. The summed E-state index contributed by atoms with van der Waals surface area (Å²) in [5.74, 6) is -0.400. The minimum Gasteiger partial charge on any atom is -0.444 e. The van der Waals surface area contributed by atoms with Crippen LogP contribution in [0.5, 0.6) is 5.75 Å². The van der Waals surface area contributed by atoms with Gasteiger partial charge in [-0.3, -0.25) is 0 Å². The Morgan fingerprint density at radius 2 is 1.77 bits per heavy atom. The Morgan fingerprint density at radius 3 is 2.43 bits per heavy atom. The first-order valence-electron chi connectivity index (χ1n) is 9.85. The number of rotatable bonds is 5. The van der Waals surface area contributed by atoms with Crippen molar-refractivity contribution in [3.05, 3.63) is 52.9 Å². The average Bonchev–Trinajstić information content (AvgIpc) is 2.66. The Balaban J connectivity index is 1.83. The molecule has 3 rings (SSSR count). The number of fused-ring (bicyclic) bond motifs is 3. The predicted octanol–water partition coefficient (Wildman–Crippen LogP) is 4.55. The number of carbonyl (C=O) groups is 2. The average molecular weight is 411 g/mol. The van der Waals surface area contributed by atoms with Gasteiger partial charge in [0.15, 0.2) is 0 Å². The highest BCUT2D eigenvalue weighted by Crippen LogP contribution is 2.26. The SMILES string of the molecule is CCCC(NC(=O)OC(C)(C)C)C(=O)Oc1ccc2c(c1)oc(=O)c1ccccc12. The summed E-state index contributed by atoms with van der Waals surface area (Å²) < 4.78 is 16.1. The van der Waals surface area contributed by atoms with Crippen molar-refractivity contribution in [2.24, 2.45) is 0 Å². The highest BCUT2D eigenvalue weighted by Gasteiger charge is 2.25. The van der Waals surface area contributed by atoms with Crippen LogP contribution in [0, 0.1) is 0 Å². The van der Waals surface area contributed by atoms with Gasteiger partial charge in [0.2, 0.25) is 0 Å². The molecule has 1 amide bonds. The minimum absolute atomic E-state index is 0.220. The third kappa shape index (κ3) is 4.97. The van der Waals surface area contributed by atoms with E-state index in [2.05, 4.69) is 5.32 Å². The van der Waals surface area contributed by atoms with Crippen molar-refractivity contribution in [3.63, 3.8) is 0 Å². The molecule has 2 aromatic carbocycles. The van der Waals surface area contributed by atoms with Crippen LogP contribution in [0.25, 0.3) is 21.7 Å².